The highest BCUT2D eigenvalue weighted by Crippen LogP contribution is 2.14. The smallest absolute Gasteiger partial charge is 0.124 e. The van der Waals surface area contributed by atoms with Gasteiger partial charge in [0.25, 0.3) is 0 Å². The van der Waals surface area contributed by atoms with E-state index in [2.05, 4.69) is 5.16 Å². The summed E-state index contributed by atoms with van der Waals surface area (Å²) in [6.07, 6.45) is 1.57. The van der Waals surface area contributed by atoms with Crippen LogP contribution < -0.4 is 0 Å². The minimum atomic E-state index is 0. The second-order valence-corrected chi connectivity index (χ2v) is 2.25. The van der Waals surface area contributed by atoms with Crippen LogP contribution in [0.5, 0.6) is 0 Å². The van der Waals surface area contributed by atoms with Crippen LogP contribution >= 0.6 is 12.4 Å². The van der Waals surface area contributed by atoms with Crippen LogP contribution in [0.2, 0.25) is 0 Å². The van der Waals surface area contributed by atoms with Crippen LogP contribution in [0.15, 0.2) is 47.2 Å². The second-order valence-electron chi connectivity index (χ2n) is 2.25. The molecular weight excluding hydrogens is 174 g/mol. The fourth-order valence-corrected chi connectivity index (χ4v) is 0.970. The van der Waals surface area contributed by atoms with Gasteiger partial charge < -0.3 is 4.52 Å². The first-order valence-corrected chi connectivity index (χ1v) is 3.42. The third-order valence-corrected chi connectivity index (χ3v) is 1.51. The van der Waals surface area contributed by atoms with Gasteiger partial charge >= 0.3 is 0 Å². The molecular formula is C9H8ClNO. The van der Waals surface area contributed by atoms with E-state index in [9.17, 15) is 0 Å². The van der Waals surface area contributed by atoms with E-state index in [1.165, 1.54) is 0 Å². The summed E-state index contributed by atoms with van der Waals surface area (Å²) in [6.45, 7) is 0. The Morgan fingerprint density at radius 2 is 1.75 bits per heavy atom. The molecule has 0 amide bonds. The molecule has 2 nitrogen and oxygen atoms in total. The van der Waals surface area contributed by atoms with E-state index in [0.717, 1.165) is 11.3 Å². The lowest BCUT2D eigenvalue weighted by Gasteiger charge is -1.90. The van der Waals surface area contributed by atoms with Crippen LogP contribution in [0.3, 0.4) is 0 Å². The van der Waals surface area contributed by atoms with E-state index in [1.807, 2.05) is 36.4 Å². The van der Waals surface area contributed by atoms with E-state index in [-0.39, 0.29) is 12.4 Å². The monoisotopic (exact) mass is 181 g/mol. The Balaban J connectivity index is 0.000000720. The highest BCUT2D eigenvalue weighted by Gasteiger charge is 1.96. The molecule has 0 bridgehead atoms. The van der Waals surface area contributed by atoms with Crippen LogP contribution in [0.25, 0.3) is 11.3 Å². The topological polar surface area (TPSA) is 26.0 Å². The normalized spacial score (nSPS) is 9.00. The number of aromatic nitrogens is 1. The molecule has 0 spiro atoms. The minimum absolute atomic E-state index is 0. The fourth-order valence-electron chi connectivity index (χ4n) is 0.970. The zero-order chi connectivity index (χ0) is 7.52. The lowest BCUT2D eigenvalue weighted by atomic mass is 10.2. The molecule has 1 heterocycles. The molecule has 0 fully saturated rings. The van der Waals surface area contributed by atoms with Crippen molar-refractivity contribution < 1.29 is 4.52 Å². The lowest BCUT2D eigenvalue weighted by Crippen LogP contribution is -1.73. The van der Waals surface area contributed by atoms with Crippen molar-refractivity contribution in [2.45, 2.75) is 0 Å². The molecule has 0 saturated carbocycles. The van der Waals surface area contributed by atoms with Gasteiger partial charge in [-0.3, -0.25) is 0 Å². The largest absolute Gasteiger partial charge is 0.364 e. The van der Waals surface area contributed by atoms with Crippen molar-refractivity contribution >= 4 is 12.4 Å². The molecule has 0 atom stereocenters. The van der Waals surface area contributed by atoms with Crippen molar-refractivity contribution in [1.82, 2.24) is 5.16 Å². The molecule has 0 aliphatic carbocycles. The summed E-state index contributed by atoms with van der Waals surface area (Å²) in [4.78, 5) is 0. The maximum atomic E-state index is 4.72. The number of benzene rings is 1. The molecule has 0 aliphatic heterocycles. The van der Waals surface area contributed by atoms with Crippen molar-refractivity contribution in [2.75, 3.05) is 0 Å². The average molecular weight is 182 g/mol. The summed E-state index contributed by atoms with van der Waals surface area (Å²) in [5.41, 5.74) is 1.96. The molecule has 0 aliphatic rings. The number of hydrogen-bond acceptors (Lipinski definition) is 2. The van der Waals surface area contributed by atoms with Crippen molar-refractivity contribution in [3.63, 3.8) is 0 Å². The van der Waals surface area contributed by atoms with Gasteiger partial charge in [-0.05, 0) is 0 Å². The first kappa shape index (κ1) is 8.81. The SMILES string of the molecule is Cl.c1ccc(-c2ccon2)cc1. The van der Waals surface area contributed by atoms with E-state index in [1.54, 1.807) is 6.26 Å². The maximum Gasteiger partial charge on any atom is 0.124 e. The number of rotatable bonds is 1. The molecule has 62 valence electrons. The summed E-state index contributed by atoms with van der Waals surface area (Å²) in [5, 5.41) is 3.81. The van der Waals surface area contributed by atoms with E-state index in [0.29, 0.717) is 0 Å². The Labute approximate surface area is 76.6 Å². The van der Waals surface area contributed by atoms with Crippen molar-refractivity contribution in [1.29, 1.82) is 0 Å². The quantitative estimate of drug-likeness (QED) is 0.676. The van der Waals surface area contributed by atoms with Gasteiger partial charge in [-0.1, -0.05) is 35.5 Å². The molecule has 1 aromatic heterocycles. The zero-order valence-corrected chi connectivity index (χ0v) is 7.12. The van der Waals surface area contributed by atoms with Crippen LogP contribution in [-0.4, -0.2) is 5.16 Å². The van der Waals surface area contributed by atoms with Crippen LogP contribution in [0.4, 0.5) is 0 Å². The van der Waals surface area contributed by atoms with Crippen molar-refractivity contribution in [2.24, 2.45) is 0 Å². The fraction of sp³-hybridized carbons (Fsp3) is 0. The summed E-state index contributed by atoms with van der Waals surface area (Å²) >= 11 is 0. The molecule has 0 N–H and O–H groups in total. The number of halogens is 1. The van der Waals surface area contributed by atoms with Gasteiger partial charge in [-0.15, -0.1) is 12.4 Å². The lowest BCUT2D eigenvalue weighted by molar-refractivity contribution is 0.422. The third kappa shape index (κ3) is 1.66. The van der Waals surface area contributed by atoms with Gasteiger partial charge in [0.15, 0.2) is 0 Å². The molecule has 2 rings (SSSR count). The number of hydrogen-bond donors (Lipinski definition) is 0. The molecule has 0 unspecified atom stereocenters. The van der Waals surface area contributed by atoms with Gasteiger partial charge in [0, 0.05) is 11.6 Å². The van der Waals surface area contributed by atoms with E-state index < -0.39 is 0 Å². The predicted molar refractivity (Wildman–Crippen MR) is 49.2 cm³/mol. The molecule has 2 aromatic rings. The van der Waals surface area contributed by atoms with Gasteiger partial charge in [-0.2, -0.15) is 0 Å². The first-order chi connectivity index (χ1) is 5.47. The highest BCUT2D eigenvalue weighted by molar-refractivity contribution is 5.85. The van der Waals surface area contributed by atoms with Crippen LogP contribution in [-0.2, 0) is 0 Å². The maximum absolute atomic E-state index is 4.72. The van der Waals surface area contributed by atoms with Gasteiger partial charge in [0.2, 0.25) is 0 Å². The van der Waals surface area contributed by atoms with E-state index in [4.69, 9.17) is 4.52 Å². The van der Waals surface area contributed by atoms with Crippen molar-refractivity contribution in [3.05, 3.63) is 42.7 Å². The summed E-state index contributed by atoms with van der Waals surface area (Å²) in [7, 11) is 0. The summed E-state index contributed by atoms with van der Waals surface area (Å²) in [5.74, 6) is 0. The molecule has 0 radical (unpaired) electrons. The van der Waals surface area contributed by atoms with Crippen LogP contribution in [0, 0.1) is 0 Å². The van der Waals surface area contributed by atoms with Gasteiger partial charge in [0.05, 0.1) is 0 Å². The Bertz CT molecular complexity index is 318. The summed E-state index contributed by atoms with van der Waals surface area (Å²) in [6, 6.07) is 11.8. The Morgan fingerprint density at radius 1 is 1.00 bits per heavy atom. The average Bonchev–Trinajstić information content (AvgIpc) is 2.58. The second kappa shape index (κ2) is 3.93. The number of nitrogens with zero attached hydrogens (tertiary/aromatic N) is 1. The Kier molecular flexibility index (Phi) is 2.88. The highest BCUT2D eigenvalue weighted by atomic mass is 35.5. The molecule has 1 aromatic carbocycles. The van der Waals surface area contributed by atoms with Gasteiger partial charge in [0.1, 0.15) is 12.0 Å². The molecule has 12 heavy (non-hydrogen) atoms. The Hall–Kier alpha value is -1.28. The first-order valence-electron chi connectivity index (χ1n) is 3.42. The predicted octanol–water partition coefficient (Wildman–Crippen LogP) is 2.76. The van der Waals surface area contributed by atoms with Crippen LogP contribution in [0.1, 0.15) is 0 Å². The third-order valence-electron chi connectivity index (χ3n) is 1.51. The van der Waals surface area contributed by atoms with Gasteiger partial charge in [-0.25, -0.2) is 0 Å². The summed E-state index contributed by atoms with van der Waals surface area (Å²) < 4.78 is 4.72. The zero-order valence-electron chi connectivity index (χ0n) is 6.31. The molecule has 0 saturated heterocycles. The minimum Gasteiger partial charge on any atom is -0.364 e. The molecule has 3 heteroatoms. The van der Waals surface area contributed by atoms with Crippen molar-refractivity contribution in [3.8, 4) is 11.3 Å². The Morgan fingerprint density at radius 3 is 2.33 bits per heavy atom. The standard InChI is InChI=1S/C9H7NO.ClH/c1-2-4-8(5-3-1)9-6-7-11-10-9;/h1-7H;1H. The van der Waals surface area contributed by atoms with E-state index >= 15 is 0 Å².